The molecule has 5 nitrogen and oxygen atoms in total. The number of aromatic nitrogens is 2. The van der Waals surface area contributed by atoms with Crippen LogP contribution in [0, 0.1) is 6.92 Å². The molecule has 1 aromatic heterocycles. The number of carbonyl (C=O) groups excluding carboxylic acids is 1. The molecule has 1 aliphatic rings. The van der Waals surface area contributed by atoms with Crippen LogP contribution in [0.4, 0.5) is 37.8 Å². The number of nitrogens with zero attached hydrogens (tertiary/aromatic N) is 2. The number of hydrogen-bond acceptors (Lipinski definition) is 3. The predicted octanol–water partition coefficient (Wildman–Crippen LogP) is 6.12. The molecule has 33 heavy (non-hydrogen) atoms. The molecule has 1 aliphatic heterocycles. The van der Waals surface area contributed by atoms with Crippen molar-refractivity contribution in [1.82, 2.24) is 9.78 Å². The van der Waals surface area contributed by atoms with Gasteiger partial charge >= 0.3 is 12.4 Å². The lowest BCUT2D eigenvalue weighted by Crippen LogP contribution is -2.36. The summed E-state index contributed by atoms with van der Waals surface area (Å²) in [6, 6.07) is 8.19. The van der Waals surface area contributed by atoms with Gasteiger partial charge in [-0.3, -0.25) is 4.79 Å². The van der Waals surface area contributed by atoms with Gasteiger partial charge in [-0.25, -0.2) is 4.68 Å². The van der Waals surface area contributed by atoms with Crippen LogP contribution in [-0.4, -0.2) is 21.9 Å². The molecule has 2 N–H and O–H groups in total. The number of nitrogens with one attached hydrogen (secondary N) is 2. The summed E-state index contributed by atoms with van der Waals surface area (Å²) in [6.45, 7) is 1.85. The minimum Gasteiger partial charge on any atom is -0.363 e. The lowest BCUT2D eigenvalue weighted by atomic mass is 9.96. The van der Waals surface area contributed by atoms with Gasteiger partial charge in [-0.05, 0) is 30.7 Å². The van der Waals surface area contributed by atoms with Crippen LogP contribution >= 0.6 is 0 Å². The van der Waals surface area contributed by atoms with E-state index in [0.29, 0.717) is 10.2 Å². The van der Waals surface area contributed by atoms with Gasteiger partial charge in [0.25, 0.3) is 5.91 Å². The summed E-state index contributed by atoms with van der Waals surface area (Å²) in [5.74, 6) is -1.04. The molecule has 0 unspecified atom stereocenters. The molecule has 0 saturated carbocycles. The van der Waals surface area contributed by atoms with Gasteiger partial charge in [-0.1, -0.05) is 35.9 Å². The fraction of sp³-hybridized carbons (Fsp3) is 0.273. The van der Waals surface area contributed by atoms with Gasteiger partial charge in [0.2, 0.25) is 0 Å². The normalized spacial score (nSPS) is 18.4. The van der Waals surface area contributed by atoms with E-state index in [1.54, 1.807) is 24.3 Å². The van der Waals surface area contributed by atoms with Crippen molar-refractivity contribution in [2.75, 3.05) is 10.6 Å². The Labute approximate surface area is 184 Å². The molecule has 11 heteroatoms. The van der Waals surface area contributed by atoms with Crippen molar-refractivity contribution in [3.8, 4) is 0 Å². The van der Waals surface area contributed by atoms with Crippen LogP contribution in [0.15, 0.2) is 54.7 Å². The first kappa shape index (κ1) is 22.7. The summed E-state index contributed by atoms with van der Waals surface area (Å²) in [6.07, 6.45) is -8.60. The number of halogens is 6. The van der Waals surface area contributed by atoms with Crippen LogP contribution < -0.4 is 10.6 Å². The summed E-state index contributed by atoms with van der Waals surface area (Å²) < 4.78 is 80.9. The van der Waals surface area contributed by atoms with Crippen molar-refractivity contribution in [2.24, 2.45) is 0 Å². The number of anilines is 2. The molecule has 1 amide bonds. The van der Waals surface area contributed by atoms with E-state index in [0.717, 1.165) is 30.0 Å². The smallest absolute Gasteiger partial charge is 0.363 e. The third kappa shape index (κ3) is 4.67. The third-order valence-electron chi connectivity index (χ3n) is 5.41. The summed E-state index contributed by atoms with van der Waals surface area (Å²) in [7, 11) is 0. The quantitative estimate of drug-likeness (QED) is 0.455. The van der Waals surface area contributed by atoms with Crippen molar-refractivity contribution in [3.63, 3.8) is 0 Å². The number of fused-ring (bicyclic) bond motifs is 1. The average molecular weight is 468 g/mol. The SMILES string of the molecule is Cc1ccc([C@@H]2C[C@H](C(F)(F)F)n3ncc(C(=O)Nc4cccc(C(F)(F)F)c4)c3N2)cc1. The number of alkyl halides is 6. The summed E-state index contributed by atoms with van der Waals surface area (Å²) in [5.41, 5.74) is 0.221. The van der Waals surface area contributed by atoms with Gasteiger partial charge < -0.3 is 10.6 Å². The number of benzene rings is 2. The fourth-order valence-electron chi connectivity index (χ4n) is 3.72. The molecule has 3 aromatic rings. The molecule has 0 saturated heterocycles. The Balaban J connectivity index is 1.67. The monoisotopic (exact) mass is 468 g/mol. The molecule has 4 rings (SSSR count). The van der Waals surface area contributed by atoms with Gasteiger partial charge in [0.15, 0.2) is 6.04 Å². The highest BCUT2D eigenvalue weighted by atomic mass is 19.4. The van der Waals surface area contributed by atoms with E-state index in [1.165, 1.54) is 6.07 Å². The maximum Gasteiger partial charge on any atom is 0.416 e. The summed E-state index contributed by atoms with van der Waals surface area (Å²) >= 11 is 0. The zero-order valence-corrected chi connectivity index (χ0v) is 17.1. The van der Waals surface area contributed by atoms with Crippen molar-refractivity contribution in [3.05, 3.63) is 77.0 Å². The van der Waals surface area contributed by atoms with Crippen molar-refractivity contribution in [1.29, 1.82) is 0 Å². The van der Waals surface area contributed by atoms with Crippen LogP contribution in [0.3, 0.4) is 0 Å². The molecule has 0 fully saturated rings. The van der Waals surface area contributed by atoms with Gasteiger partial charge in [0, 0.05) is 12.1 Å². The highest BCUT2D eigenvalue weighted by molar-refractivity contribution is 6.07. The zero-order chi connectivity index (χ0) is 24.0. The van der Waals surface area contributed by atoms with Crippen molar-refractivity contribution >= 4 is 17.4 Å². The summed E-state index contributed by atoms with van der Waals surface area (Å²) in [5, 5.41) is 9.01. The second-order valence-electron chi connectivity index (χ2n) is 7.78. The molecule has 0 aliphatic carbocycles. The maximum atomic E-state index is 13.8. The molecule has 174 valence electrons. The van der Waals surface area contributed by atoms with Crippen LogP contribution in [0.25, 0.3) is 0 Å². The number of rotatable bonds is 3. The van der Waals surface area contributed by atoms with E-state index in [1.807, 2.05) is 6.92 Å². The minimum atomic E-state index is -4.62. The van der Waals surface area contributed by atoms with Gasteiger partial charge in [0.05, 0.1) is 17.8 Å². The van der Waals surface area contributed by atoms with Gasteiger partial charge in [0.1, 0.15) is 11.4 Å². The van der Waals surface area contributed by atoms with E-state index < -0.39 is 35.9 Å². The minimum absolute atomic E-state index is 0.145. The number of hydrogen-bond donors (Lipinski definition) is 2. The van der Waals surface area contributed by atoms with Crippen LogP contribution in [0.2, 0.25) is 0 Å². The number of amides is 1. The second kappa shape index (κ2) is 8.13. The molecule has 2 heterocycles. The third-order valence-corrected chi connectivity index (χ3v) is 5.41. The van der Waals surface area contributed by atoms with E-state index >= 15 is 0 Å². The molecule has 0 bridgehead atoms. The van der Waals surface area contributed by atoms with Crippen LogP contribution in [-0.2, 0) is 6.18 Å². The largest absolute Gasteiger partial charge is 0.416 e. The maximum absolute atomic E-state index is 13.8. The first-order chi connectivity index (χ1) is 15.4. The number of carbonyl (C=O) groups is 1. The lowest BCUT2D eigenvalue weighted by Gasteiger charge is -2.34. The average Bonchev–Trinajstić information content (AvgIpc) is 3.16. The Bertz CT molecular complexity index is 1170. The Kier molecular flexibility index (Phi) is 5.59. The Morgan fingerprint density at radius 2 is 1.79 bits per heavy atom. The molecular formula is C22H18F6N4O. The first-order valence-corrected chi connectivity index (χ1v) is 9.89. The fourth-order valence-corrected chi connectivity index (χ4v) is 3.72. The van der Waals surface area contributed by atoms with Gasteiger partial charge in [-0.15, -0.1) is 0 Å². The Morgan fingerprint density at radius 1 is 1.09 bits per heavy atom. The topological polar surface area (TPSA) is 59.0 Å². The van der Waals surface area contributed by atoms with Crippen LogP contribution in [0.5, 0.6) is 0 Å². The molecular weight excluding hydrogens is 450 g/mol. The lowest BCUT2D eigenvalue weighted by molar-refractivity contribution is -0.173. The zero-order valence-electron chi connectivity index (χ0n) is 17.1. The van der Waals surface area contributed by atoms with Gasteiger partial charge in [-0.2, -0.15) is 31.4 Å². The van der Waals surface area contributed by atoms with E-state index in [2.05, 4.69) is 15.7 Å². The Hall–Kier alpha value is -3.50. The van der Waals surface area contributed by atoms with Crippen molar-refractivity contribution in [2.45, 2.75) is 37.8 Å². The molecule has 2 aromatic carbocycles. The standard InChI is InChI=1S/C22H18F6N4O/c1-12-5-7-13(8-6-12)17-10-18(22(26,27)28)32-19(31-17)16(11-29-32)20(33)30-15-4-2-3-14(9-15)21(23,24)25/h2-9,11,17-18,31H,10H2,1H3,(H,30,33)/t17-,18+/m0/s1. The predicted molar refractivity (Wildman–Crippen MR) is 109 cm³/mol. The Morgan fingerprint density at radius 3 is 2.42 bits per heavy atom. The second-order valence-corrected chi connectivity index (χ2v) is 7.78. The van der Waals surface area contributed by atoms with Crippen LogP contribution in [0.1, 0.15) is 45.6 Å². The molecule has 2 atom stereocenters. The van der Waals surface area contributed by atoms with E-state index in [9.17, 15) is 31.1 Å². The molecule has 0 spiro atoms. The van der Waals surface area contributed by atoms with E-state index in [-0.39, 0.29) is 23.5 Å². The number of aryl methyl sites for hydroxylation is 1. The van der Waals surface area contributed by atoms with E-state index in [4.69, 9.17) is 0 Å². The molecule has 0 radical (unpaired) electrons. The van der Waals surface area contributed by atoms with Crippen molar-refractivity contribution < 1.29 is 31.1 Å². The summed E-state index contributed by atoms with van der Waals surface area (Å²) in [4.78, 5) is 12.8. The highest BCUT2D eigenvalue weighted by Gasteiger charge is 2.47. The first-order valence-electron chi connectivity index (χ1n) is 9.89. The highest BCUT2D eigenvalue weighted by Crippen LogP contribution is 2.44.